The van der Waals surface area contributed by atoms with E-state index in [-0.39, 0.29) is 11.8 Å². The standard InChI is InChI=1S/C23H32N4O/c1-26-14-21(16-27-13-5-8-20(15-27)23(24)28)22(25-26)19-11-9-18(10-12-19)17-6-3-2-4-7-17/h9-12,14,17,20H,2-8,13,15-16H2,1H3,(H2,24,28)/t20-/m1/s1. The van der Waals surface area contributed by atoms with Crippen molar-refractivity contribution in [2.75, 3.05) is 13.1 Å². The van der Waals surface area contributed by atoms with Gasteiger partial charge in [0.25, 0.3) is 0 Å². The van der Waals surface area contributed by atoms with Crippen LogP contribution in [-0.4, -0.2) is 33.7 Å². The van der Waals surface area contributed by atoms with E-state index < -0.39 is 0 Å². The first-order chi connectivity index (χ1) is 13.6. The smallest absolute Gasteiger partial charge is 0.221 e. The molecule has 1 amide bonds. The molecule has 2 heterocycles. The van der Waals surface area contributed by atoms with Crippen LogP contribution in [0.1, 0.15) is 62.0 Å². The molecule has 2 aliphatic rings. The highest BCUT2D eigenvalue weighted by molar-refractivity contribution is 5.77. The van der Waals surface area contributed by atoms with Gasteiger partial charge >= 0.3 is 0 Å². The summed E-state index contributed by atoms with van der Waals surface area (Å²) >= 11 is 0. The van der Waals surface area contributed by atoms with Crippen LogP contribution < -0.4 is 5.73 Å². The van der Waals surface area contributed by atoms with Crippen LogP contribution in [0.25, 0.3) is 11.3 Å². The van der Waals surface area contributed by atoms with Gasteiger partial charge in [0.05, 0.1) is 11.6 Å². The number of nitrogens with two attached hydrogens (primary N) is 1. The number of likely N-dealkylation sites (tertiary alicyclic amines) is 1. The Morgan fingerprint density at radius 3 is 2.57 bits per heavy atom. The highest BCUT2D eigenvalue weighted by Crippen LogP contribution is 2.34. The van der Waals surface area contributed by atoms with E-state index >= 15 is 0 Å². The average molecular weight is 381 g/mol. The average Bonchev–Trinajstić information content (AvgIpc) is 3.09. The normalized spacial score (nSPS) is 21.7. The molecule has 0 unspecified atom stereocenters. The summed E-state index contributed by atoms with van der Waals surface area (Å²) in [5.74, 6) is 0.531. The molecule has 150 valence electrons. The molecule has 2 aromatic rings. The molecule has 1 aliphatic heterocycles. The van der Waals surface area contributed by atoms with Crippen LogP contribution in [0, 0.1) is 5.92 Å². The van der Waals surface area contributed by atoms with Crippen LogP contribution >= 0.6 is 0 Å². The van der Waals surface area contributed by atoms with Gasteiger partial charge in [0.1, 0.15) is 0 Å². The van der Waals surface area contributed by atoms with Gasteiger partial charge in [0, 0.05) is 37.5 Å². The van der Waals surface area contributed by atoms with Crippen molar-refractivity contribution in [1.29, 1.82) is 0 Å². The van der Waals surface area contributed by atoms with E-state index in [1.54, 1.807) is 0 Å². The fourth-order valence-electron chi connectivity index (χ4n) is 4.92. The van der Waals surface area contributed by atoms with Crippen LogP contribution in [0.4, 0.5) is 0 Å². The Kier molecular flexibility index (Phi) is 5.81. The fraction of sp³-hybridized carbons (Fsp3) is 0.565. The van der Waals surface area contributed by atoms with Crippen LogP contribution in [0.2, 0.25) is 0 Å². The maximum Gasteiger partial charge on any atom is 0.221 e. The molecular formula is C23H32N4O. The van der Waals surface area contributed by atoms with Gasteiger partial charge in [-0.05, 0) is 43.7 Å². The quantitative estimate of drug-likeness (QED) is 0.857. The monoisotopic (exact) mass is 380 g/mol. The van der Waals surface area contributed by atoms with Gasteiger partial charge in [0.2, 0.25) is 5.91 Å². The Labute approximate surface area is 167 Å². The van der Waals surface area contributed by atoms with Crippen molar-refractivity contribution < 1.29 is 4.79 Å². The second kappa shape index (κ2) is 8.48. The molecule has 1 aromatic heterocycles. The number of benzene rings is 1. The molecule has 2 fully saturated rings. The minimum absolute atomic E-state index is 0.0244. The van der Waals surface area contributed by atoms with Gasteiger partial charge in [-0.2, -0.15) is 5.10 Å². The molecule has 1 atom stereocenters. The van der Waals surface area contributed by atoms with Crippen LogP contribution in [0.15, 0.2) is 30.5 Å². The zero-order chi connectivity index (χ0) is 19.5. The Morgan fingerprint density at radius 2 is 1.86 bits per heavy atom. The summed E-state index contributed by atoms with van der Waals surface area (Å²) in [6, 6.07) is 9.07. The number of aromatic nitrogens is 2. The molecule has 0 radical (unpaired) electrons. The lowest BCUT2D eigenvalue weighted by Gasteiger charge is -2.31. The summed E-state index contributed by atoms with van der Waals surface area (Å²) in [6.07, 6.45) is 10.8. The lowest BCUT2D eigenvalue weighted by molar-refractivity contribution is -0.123. The topological polar surface area (TPSA) is 64.2 Å². The van der Waals surface area contributed by atoms with Gasteiger partial charge in [-0.1, -0.05) is 43.5 Å². The molecule has 28 heavy (non-hydrogen) atoms. The van der Waals surface area contributed by atoms with Gasteiger partial charge in [-0.3, -0.25) is 14.4 Å². The number of piperidine rings is 1. The minimum Gasteiger partial charge on any atom is -0.369 e. The van der Waals surface area contributed by atoms with E-state index in [1.807, 2.05) is 11.7 Å². The van der Waals surface area contributed by atoms with Crippen LogP contribution in [0.3, 0.4) is 0 Å². The van der Waals surface area contributed by atoms with E-state index in [2.05, 4.69) is 35.4 Å². The van der Waals surface area contributed by atoms with Crippen molar-refractivity contribution in [2.45, 2.75) is 57.4 Å². The molecule has 1 aliphatic carbocycles. The minimum atomic E-state index is -0.172. The first-order valence-corrected chi connectivity index (χ1v) is 10.7. The number of nitrogens with zero attached hydrogens (tertiary/aromatic N) is 3. The number of aryl methyl sites for hydroxylation is 1. The van der Waals surface area contributed by atoms with E-state index in [0.29, 0.717) is 0 Å². The summed E-state index contributed by atoms with van der Waals surface area (Å²) in [6.45, 7) is 2.58. The number of amides is 1. The summed E-state index contributed by atoms with van der Waals surface area (Å²) in [7, 11) is 1.98. The van der Waals surface area contributed by atoms with Crippen molar-refractivity contribution in [3.05, 3.63) is 41.6 Å². The molecular weight excluding hydrogens is 348 g/mol. The number of hydrogen-bond acceptors (Lipinski definition) is 3. The Morgan fingerprint density at radius 1 is 1.11 bits per heavy atom. The zero-order valence-electron chi connectivity index (χ0n) is 16.9. The second-order valence-corrected chi connectivity index (χ2v) is 8.61. The number of carbonyl (C=O) groups is 1. The predicted molar refractivity (Wildman–Crippen MR) is 112 cm³/mol. The predicted octanol–water partition coefficient (Wildman–Crippen LogP) is 3.83. The number of rotatable bonds is 5. The molecule has 5 nitrogen and oxygen atoms in total. The largest absolute Gasteiger partial charge is 0.369 e. The van der Waals surface area contributed by atoms with Gasteiger partial charge in [0.15, 0.2) is 0 Å². The van der Waals surface area contributed by atoms with E-state index in [1.165, 1.54) is 48.8 Å². The van der Waals surface area contributed by atoms with Gasteiger partial charge in [-0.25, -0.2) is 0 Å². The van der Waals surface area contributed by atoms with Crippen LogP contribution in [-0.2, 0) is 18.4 Å². The zero-order valence-corrected chi connectivity index (χ0v) is 16.9. The molecule has 0 bridgehead atoms. The highest BCUT2D eigenvalue weighted by Gasteiger charge is 2.25. The third kappa shape index (κ3) is 4.30. The molecule has 1 saturated carbocycles. The van der Waals surface area contributed by atoms with E-state index in [9.17, 15) is 4.79 Å². The highest BCUT2D eigenvalue weighted by atomic mass is 16.1. The van der Waals surface area contributed by atoms with Crippen molar-refractivity contribution in [1.82, 2.24) is 14.7 Å². The second-order valence-electron chi connectivity index (χ2n) is 8.61. The maximum atomic E-state index is 11.6. The molecule has 2 N–H and O–H groups in total. The lowest BCUT2D eigenvalue weighted by atomic mass is 9.84. The number of primary amides is 1. The van der Waals surface area contributed by atoms with Crippen molar-refractivity contribution >= 4 is 5.91 Å². The summed E-state index contributed by atoms with van der Waals surface area (Å²) in [5, 5.41) is 4.74. The third-order valence-corrected chi connectivity index (χ3v) is 6.47. The summed E-state index contributed by atoms with van der Waals surface area (Å²) < 4.78 is 1.90. The molecule has 4 rings (SSSR count). The molecule has 0 spiro atoms. The van der Waals surface area contributed by atoms with Gasteiger partial charge in [-0.15, -0.1) is 0 Å². The Balaban J connectivity index is 1.50. The molecule has 1 aromatic carbocycles. The third-order valence-electron chi connectivity index (χ3n) is 6.47. The number of hydrogen-bond donors (Lipinski definition) is 1. The molecule has 1 saturated heterocycles. The first-order valence-electron chi connectivity index (χ1n) is 10.7. The summed E-state index contributed by atoms with van der Waals surface area (Å²) in [5.41, 5.74) is 10.5. The first kappa shape index (κ1) is 19.2. The Hall–Kier alpha value is -2.14. The van der Waals surface area contributed by atoms with E-state index in [0.717, 1.165) is 44.1 Å². The Bertz CT molecular complexity index is 805. The van der Waals surface area contributed by atoms with Crippen molar-refractivity contribution in [3.8, 4) is 11.3 Å². The van der Waals surface area contributed by atoms with Gasteiger partial charge < -0.3 is 5.73 Å². The fourth-order valence-corrected chi connectivity index (χ4v) is 4.92. The maximum absolute atomic E-state index is 11.6. The SMILES string of the molecule is Cn1cc(CN2CCC[C@@H](C(N)=O)C2)c(-c2ccc(C3CCCCC3)cc2)n1. The van der Waals surface area contributed by atoms with Crippen molar-refractivity contribution in [2.24, 2.45) is 18.7 Å². The lowest BCUT2D eigenvalue weighted by Crippen LogP contribution is -2.40. The number of carbonyl (C=O) groups excluding carboxylic acids is 1. The molecule has 5 heteroatoms. The van der Waals surface area contributed by atoms with Crippen LogP contribution in [0.5, 0.6) is 0 Å². The summed E-state index contributed by atoms with van der Waals surface area (Å²) in [4.78, 5) is 13.9. The van der Waals surface area contributed by atoms with Crippen molar-refractivity contribution in [3.63, 3.8) is 0 Å². The van der Waals surface area contributed by atoms with E-state index in [4.69, 9.17) is 10.8 Å².